The Morgan fingerprint density at radius 2 is 2.00 bits per heavy atom. The van der Waals surface area contributed by atoms with Gasteiger partial charge < -0.3 is 11.3 Å². The molecule has 0 aliphatic carbocycles. The van der Waals surface area contributed by atoms with Gasteiger partial charge in [0, 0.05) is 6.42 Å². The summed E-state index contributed by atoms with van der Waals surface area (Å²) >= 11 is 0. The number of hydrogen-bond donors (Lipinski definition) is 1. The number of carbonyl (C=O) groups is 2. The summed E-state index contributed by atoms with van der Waals surface area (Å²) in [5.74, 6) is -1.43. The smallest absolute Gasteiger partial charge is 1.00 e. The molecule has 0 saturated carbocycles. The number of aliphatic hydroxyl groups excluding tert-OH is 1. The number of unbranched alkanes of at least 4 members (excludes halogenated alkanes) is 2. The third-order valence-corrected chi connectivity index (χ3v) is 1.54. The van der Waals surface area contributed by atoms with Gasteiger partial charge in [0.1, 0.15) is 6.10 Å². The molecule has 0 aromatic heterocycles. The van der Waals surface area contributed by atoms with Gasteiger partial charge in [-0.1, -0.05) is 19.8 Å². The van der Waals surface area contributed by atoms with Gasteiger partial charge in [-0.3, -0.25) is 4.79 Å². The van der Waals surface area contributed by atoms with Crippen molar-refractivity contribution in [2.24, 2.45) is 0 Å². The van der Waals surface area contributed by atoms with Crippen molar-refractivity contribution in [1.82, 2.24) is 0 Å². The quantitative estimate of drug-likeness (QED) is 0.251. The molecule has 0 aromatic carbocycles. The van der Waals surface area contributed by atoms with E-state index in [1.54, 1.807) is 0 Å². The normalized spacial score (nSPS) is 11.4. The first-order valence-electron chi connectivity index (χ1n) is 4.50. The maximum atomic E-state index is 10.9. The standard InChI is InChI=1S/C9H16O4.Na.H/c1-3-4-5-6-8(11)13-9(12)7(2)10;;/h7,10H,3-6H2,1-2H3;;/q;+1;-1. The van der Waals surface area contributed by atoms with E-state index >= 15 is 0 Å². The van der Waals surface area contributed by atoms with Crippen LogP contribution >= 0.6 is 0 Å². The fourth-order valence-electron chi connectivity index (χ4n) is 0.768. The van der Waals surface area contributed by atoms with Crippen molar-refractivity contribution in [1.29, 1.82) is 0 Å². The molecule has 5 heteroatoms. The zero-order chi connectivity index (χ0) is 10.3. The van der Waals surface area contributed by atoms with Crippen LogP contribution in [0.25, 0.3) is 0 Å². The summed E-state index contributed by atoms with van der Waals surface area (Å²) in [7, 11) is 0. The molecule has 0 amide bonds. The molecule has 0 bridgehead atoms. The molecule has 0 aromatic rings. The van der Waals surface area contributed by atoms with Crippen LogP contribution in [-0.4, -0.2) is 23.1 Å². The first-order valence-corrected chi connectivity index (χ1v) is 4.50. The number of ether oxygens (including phenoxy) is 1. The second-order valence-corrected chi connectivity index (χ2v) is 2.93. The number of esters is 2. The number of rotatable bonds is 5. The molecular weight excluding hydrogens is 195 g/mol. The monoisotopic (exact) mass is 212 g/mol. The van der Waals surface area contributed by atoms with Crippen molar-refractivity contribution >= 4 is 11.9 Å². The minimum absolute atomic E-state index is 0. The number of hydrogen-bond acceptors (Lipinski definition) is 4. The van der Waals surface area contributed by atoms with Crippen LogP contribution in [0.1, 0.15) is 41.0 Å². The van der Waals surface area contributed by atoms with Crippen LogP contribution in [0.2, 0.25) is 0 Å². The van der Waals surface area contributed by atoms with Gasteiger partial charge in [0.25, 0.3) is 0 Å². The third kappa shape index (κ3) is 8.69. The maximum Gasteiger partial charge on any atom is 1.00 e. The van der Waals surface area contributed by atoms with Gasteiger partial charge in [0.15, 0.2) is 0 Å². The Kier molecular flexibility index (Phi) is 11.4. The molecule has 0 spiro atoms. The molecular formula is C9H17NaO4. The molecule has 0 aliphatic heterocycles. The van der Waals surface area contributed by atoms with Crippen LogP contribution in [-0.2, 0) is 14.3 Å². The molecule has 0 radical (unpaired) electrons. The number of aliphatic hydroxyl groups is 1. The minimum Gasteiger partial charge on any atom is -1.00 e. The summed E-state index contributed by atoms with van der Waals surface area (Å²) in [6, 6.07) is 0. The Hall–Kier alpha value is 0.1000. The average Bonchev–Trinajstić information content (AvgIpc) is 2.04. The van der Waals surface area contributed by atoms with Crippen LogP contribution in [0.15, 0.2) is 0 Å². The molecule has 4 nitrogen and oxygen atoms in total. The first-order chi connectivity index (χ1) is 6.07. The van der Waals surface area contributed by atoms with Crippen LogP contribution in [0, 0.1) is 0 Å². The van der Waals surface area contributed by atoms with Crippen molar-refractivity contribution in [2.45, 2.75) is 45.6 Å². The van der Waals surface area contributed by atoms with Crippen LogP contribution in [0.5, 0.6) is 0 Å². The van der Waals surface area contributed by atoms with Crippen LogP contribution < -0.4 is 29.6 Å². The van der Waals surface area contributed by atoms with Gasteiger partial charge in [-0.05, 0) is 13.3 Å². The Balaban J connectivity index is -0.000000720. The van der Waals surface area contributed by atoms with E-state index in [9.17, 15) is 9.59 Å². The summed E-state index contributed by atoms with van der Waals surface area (Å²) in [5, 5.41) is 8.71. The fourth-order valence-corrected chi connectivity index (χ4v) is 0.768. The van der Waals surface area contributed by atoms with E-state index in [1.807, 2.05) is 6.92 Å². The molecule has 78 valence electrons. The SMILES string of the molecule is CCCCCC(=O)OC(=O)C(C)O.[H-].[Na+]. The van der Waals surface area contributed by atoms with Gasteiger partial charge in [-0.2, -0.15) is 0 Å². The van der Waals surface area contributed by atoms with Crippen molar-refractivity contribution in [2.75, 3.05) is 0 Å². The van der Waals surface area contributed by atoms with Crippen molar-refractivity contribution in [3.8, 4) is 0 Å². The molecule has 0 rings (SSSR count). The zero-order valence-corrected chi connectivity index (χ0v) is 11.1. The Labute approximate surface area is 108 Å². The Bertz CT molecular complexity index is 185. The first kappa shape index (κ1) is 16.5. The van der Waals surface area contributed by atoms with E-state index in [0.717, 1.165) is 19.3 Å². The molecule has 0 fully saturated rings. The van der Waals surface area contributed by atoms with Crippen LogP contribution in [0.4, 0.5) is 0 Å². The summed E-state index contributed by atoms with van der Waals surface area (Å²) in [4.78, 5) is 21.6. The predicted octanol–water partition coefficient (Wildman–Crippen LogP) is -1.87. The second kappa shape index (κ2) is 9.65. The summed E-state index contributed by atoms with van der Waals surface area (Å²) in [6.45, 7) is 3.29. The van der Waals surface area contributed by atoms with Gasteiger partial charge in [-0.15, -0.1) is 0 Å². The molecule has 1 atom stereocenters. The molecule has 0 aliphatic rings. The third-order valence-electron chi connectivity index (χ3n) is 1.54. The average molecular weight is 212 g/mol. The second-order valence-electron chi connectivity index (χ2n) is 2.93. The van der Waals surface area contributed by atoms with E-state index < -0.39 is 18.0 Å². The molecule has 14 heavy (non-hydrogen) atoms. The largest absolute Gasteiger partial charge is 1.00 e. The van der Waals surface area contributed by atoms with E-state index in [0.29, 0.717) is 0 Å². The Morgan fingerprint density at radius 1 is 1.43 bits per heavy atom. The maximum absolute atomic E-state index is 10.9. The Morgan fingerprint density at radius 3 is 2.43 bits per heavy atom. The zero-order valence-electron chi connectivity index (χ0n) is 10.1. The van der Waals surface area contributed by atoms with Gasteiger partial charge >= 0.3 is 41.5 Å². The molecule has 0 heterocycles. The molecule has 0 saturated heterocycles. The number of carbonyl (C=O) groups excluding carboxylic acids is 2. The van der Waals surface area contributed by atoms with Crippen LogP contribution in [0.3, 0.4) is 0 Å². The summed E-state index contributed by atoms with van der Waals surface area (Å²) in [5.41, 5.74) is 0. The van der Waals surface area contributed by atoms with E-state index in [1.165, 1.54) is 6.92 Å². The van der Waals surface area contributed by atoms with Gasteiger partial charge in [0.05, 0.1) is 0 Å². The van der Waals surface area contributed by atoms with E-state index in [4.69, 9.17) is 5.11 Å². The van der Waals surface area contributed by atoms with Crippen molar-refractivity contribution < 1.29 is 50.4 Å². The van der Waals surface area contributed by atoms with E-state index in [-0.39, 0.29) is 37.4 Å². The molecule has 1 unspecified atom stereocenters. The van der Waals surface area contributed by atoms with Crippen molar-refractivity contribution in [3.63, 3.8) is 0 Å². The van der Waals surface area contributed by atoms with Gasteiger partial charge in [0.2, 0.25) is 0 Å². The van der Waals surface area contributed by atoms with E-state index in [2.05, 4.69) is 4.74 Å². The topological polar surface area (TPSA) is 63.6 Å². The minimum atomic E-state index is -1.23. The summed E-state index contributed by atoms with van der Waals surface area (Å²) < 4.78 is 4.33. The van der Waals surface area contributed by atoms with Gasteiger partial charge in [-0.25, -0.2) is 4.79 Å². The predicted molar refractivity (Wildman–Crippen MR) is 48.0 cm³/mol. The van der Waals surface area contributed by atoms with Crippen molar-refractivity contribution in [3.05, 3.63) is 0 Å². The molecule has 1 N–H and O–H groups in total. The summed E-state index contributed by atoms with van der Waals surface area (Å²) in [6.07, 6.45) is 1.69. The fraction of sp³-hybridized carbons (Fsp3) is 0.778.